The van der Waals surface area contributed by atoms with Gasteiger partial charge >= 0.3 is 5.97 Å². The number of imidazole rings is 1. The average Bonchev–Trinajstić information content (AvgIpc) is 2.65. The Morgan fingerprint density at radius 3 is 2.83 bits per heavy atom. The molecule has 0 aliphatic carbocycles. The Hall–Kier alpha value is -1.91. The number of esters is 1. The first-order valence-corrected chi connectivity index (χ1v) is 5.76. The largest absolute Gasteiger partial charge is 0.469 e. The Labute approximate surface area is 104 Å². The van der Waals surface area contributed by atoms with Crippen molar-refractivity contribution in [2.24, 2.45) is 0 Å². The molecule has 0 N–H and O–H groups in total. The van der Waals surface area contributed by atoms with Crippen molar-refractivity contribution in [3.63, 3.8) is 0 Å². The molecule has 0 saturated carbocycles. The van der Waals surface area contributed by atoms with Crippen molar-refractivity contribution in [1.82, 2.24) is 9.55 Å². The van der Waals surface area contributed by atoms with Crippen LogP contribution in [0.1, 0.15) is 25.7 Å². The van der Waals surface area contributed by atoms with Gasteiger partial charge in [-0.2, -0.15) is 0 Å². The van der Waals surface area contributed by atoms with E-state index in [9.17, 15) is 9.18 Å². The number of carbonyl (C=O) groups is 1. The minimum Gasteiger partial charge on any atom is -0.469 e. The summed E-state index contributed by atoms with van der Waals surface area (Å²) in [6, 6.07) is 4.58. The summed E-state index contributed by atoms with van der Waals surface area (Å²) in [5.41, 5.74) is 1.38. The quantitative estimate of drug-likeness (QED) is 0.786. The second kappa shape index (κ2) is 4.76. The van der Waals surface area contributed by atoms with Crippen LogP contribution in [0.2, 0.25) is 0 Å². The van der Waals surface area contributed by atoms with E-state index in [0.29, 0.717) is 11.3 Å². The lowest BCUT2D eigenvalue weighted by atomic mass is 10.3. The molecule has 0 spiro atoms. The molecule has 0 saturated heterocycles. The summed E-state index contributed by atoms with van der Waals surface area (Å²) in [6.45, 7) is 3.98. The summed E-state index contributed by atoms with van der Waals surface area (Å²) in [4.78, 5) is 15.7. The lowest BCUT2D eigenvalue weighted by Gasteiger charge is -2.12. The molecule has 4 nitrogen and oxygen atoms in total. The molecule has 0 aliphatic rings. The van der Waals surface area contributed by atoms with Gasteiger partial charge in [0, 0.05) is 12.1 Å². The highest BCUT2D eigenvalue weighted by Gasteiger charge is 2.16. The number of benzene rings is 1. The van der Waals surface area contributed by atoms with Crippen molar-refractivity contribution < 1.29 is 13.9 Å². The number of ether oxygens (including phenoxy) is 1. The summed E-state index contributed by atoms with van der Waals surface area (Å²) in [5, 5.41) is 0. The molecule has 2 aromatic rings. The van der Waals surface area contributed by atoms with Gasteiger partial charge in [-0.3, -0.25) is 4.79 Å². The van der Waals surface area contributed by atoms with Gasteiger partial charge in [0.1, 0.15) is 18.1 Å². The van der Waals surface area contributed by atoms with Crippen LogP contribution >= 0.6 is 0 Å². The van der Waals surface area contributed by atoms with Crippen LogP contribution in [-0.2, 0) is 16.0 Å². The van der Waals surface area contributed by atoms with Gasteiger partial charge in [-0.15, -0.1) is 0 Å². The molecule has 0 unspecified atom stereocenters. The van der Waals surface area contributed by atoms with Crippen molar-refractivity contribution >= 4 is 17.0 Å². The third-order valence-corrected chi connectivity index (χ3v) is 2.77. The second-order valence-electron chi connectivity index (χ2n) is 4.38. The van der Waals surface area contributed by atoms with Gasteiger partial charge < -0.3 is 9.30 Å². The zero-order chi connectivity index (χ0) is 13.3. The monoisotopic (exact) mass is 250 g/mol. The molecular formula is C13H15FN2O2. The van der Waals surface area contributed by atoms with Crippen molar-refractivity contribution in [3.05, 3.63) is 29.8 Å². The molecule has 96 valence electrons. The fourth-order valence-electron chi connectivity index (χ4n) is 2.02. The van der Waals surface area contributed by atoms with E-state index in [4.69, 9.17) is 0 Å². The third-order valence-electron chi connectivity index (χ3n) is 2.77. The minimum absolute atomic E-state index is 0.0883. The number of hydrogen-bond donors (Lipinski definition) is 0. The Balaban J connectivity index is 2.57. The number of rotatable bonds is 3. The van der Waals surface area contributed by atoms with Crippen LogP contribution < -0.4 is 0 Å². The van der Waals surface area contributed by atoms with Crippen LogP contribution in [0, 0.1) is 5.82 Å². The molecule has 0 bridgehead atoms. The Morgan fingerprint density at radius 1 is 1.50 bits per heavy atom. The van der Waals surface area contributed by atoms with Crippen molar-refractivity contribution in [2.75, 3.05) is 7.11 Å². The number of carbonyl (C=O) groups excluding carboxylic acids is 1. The molecule has 0 fully saturated rings. The smallest absolute Gasteiger partial charge is 0.313 e. The first kappa shape index (κ1) is 12.5. The van der Waals surface area contributed by atoms with E-state index in [1.165, 1.54) is 19.2 Å². The number of methoxy groups -OCH3 is 1. The maximum absolute atomic E-state index is 13.2. The second-order valence-corrected chi connectivity index (χ2v) is 4.38. The molecule has 18 heavy (non-hydrogen) atoms. The summed E-state index contributed by atoms with van der Waals surface area (Å²) >= 11 is 0. The number of halogens is 1. The summed E-state index contributed by atoms with van der Waals surface area (Å²) < 4.78 is 19.7. The fraction of sp³-hybridized carbons (Fsp3) is 0.385. The van der Waals surface area contributed by atoms with E-state index in [-0.39, 0.29) is 24.2 Å². The lowest BCUT2D eigenvalue weighted by molar-refractivity contribution is -0.139. The van der Waals surface area contributed by atoms with Crippen molar-refractivity contribution in [2.45, 2.75) is 26.3 Å². The first-order chi connectivity index (χ1) is 8.52. The van der Waals surface area contributed by atoms with Crippen LogP contribution in [0.3, 0.4) is 0 Å². The highest BCUT2D eigenvalue weighted by Crippen LogP contribution is 2.22. The van der Waals surface area contributed by atoms with Gasteiger partial charge in [0.05, 0.1) is 18.1 Å². The van der Waals surface area contributed by atoms with E-state index < -0.39 is 0 Å². The van der Waals surface area contributed by atoms with Crippen molar-refractivity contribution in [3.8, 4) is 0 Å². The molecule has 1 heterocycles. The molecule has 1 aromatic carbocycles. The highest BCUT2D eigenvalue weighted by atomic mass is 19.1. The number of aromatic nitrogens is 2. The van der Waals surface area contributed by atoms with Gasteiger partial charge in [-0.05, 0) is 26.0 Å². The lowest BCUT2D eigenvalue weighted by Crippen LogP contribution is -2.12. The molecule has 0 amide bonds. The zero-order valence-corrected chi connectivity index (χ0v) is 10.6. The van der Waals surface area contributed by atoms with Crippen molar-refractivity contribution in [1.29, 1.82) is 0 Å². The SMILES string of the molecule is COC(=O)Cc1nc2cc(F)ccc2n1C(C)C. The maximum atomic E-state index is 13.2. The van der Waals surface area contributed by atoms with Crippen LogP contribution in [-0.4, -0.2) is 22.6 Å². The third kappa shape index (κ3) is 2.20. The normalized spacial score (nSPS) is 11.2. The summed E-state index contributed by atoms with van der Waals surface area (Å²) in [6.07, 6.45) is 0.0883. The van der Waals surface area contributed by atoms with Gasteiger partial charge in [-0.25, -0.2) is 9.37 Å². The van der Waals surface area contributed by atoms with Crippen LogP contribution in [0.15, 0.2) is 18.2 Å². The topological polar surface area (TPSA) is 44.1 Å². The standard InChI is InChI=1S/C13H15FN2O2/c1-8(2)16-11-5-4-9(14)6-10(11)15-12(16)7-13(17)18-3/h4-6,8H,7H2,1-3H3. The average molecular weight is 250 g/mol. The molecule has 1 aromatic heterocycles. The van der Waals surface area contributed by atoms with E-state index in [0.717, 1.165) is 5.52 Å². The molecule has 2 rings (SSSR count). The fourth-order valence-corrected chi connectivity index (χ4v) is 2.02. The predicted octanol–water partition coefficient (Wildman–Crippen LogP) is 2.47. The summed E-state index contributed by atoms with van der Waals surface area (Å²) in [5.74, 6) is -0.0920. The van der Waals surface area contributed by atoms with Crippen LogP contribution in [0.25, 0.3) is 11.0 Å². The van der Waals surface area contributed by atoms with Gasteiger partial charge in [0.2, 0.25) is 0 Å². The molecular weight excluding hydrogens is 235 g/mol. The molecule has 0 atom stereocenters. The molecule has 0 radical (unpaired) electrons. The van der Waals surface area contributed by atoms with E-state index in [1.54, 1.807) is 6.07 Å². The van der Waals surface area contributed by atoms with Crippen LogP contribution in [0.4, 0.5) is 4.39 Å². The highest BCUT2D eigenvalue weighted by molar-refractivity contribution is 5.78. The Morgan fingerprint density at radius 2 is 2.22 bits per heavy atom. The number of nitrogens with zero attached hydrogens (tertiary/aromatic N) is 2. The Bertz CT molecular complexity index is 590. The first-order valence-electron chi connectivity index (χ1n) is 5.76. The van der Waals surface area contributed by atoms with E-state index in [2.05, 4.69) is 9.72 Å². The minimum atomic E-state index is -0.354. The predicted molar refractivity (Wildman–Crippen MR) is 65.8 cm³/mol. The van der Waals surface area contributed by atoms with Crippen LogP contribution in [0.5, 0.6) is 0 Å². The Kier molecular flexibility index (Phi) is 3.32. The van der Waals surface area contributed by atoms with E-state index in [1.807, 2.05) is 18.4 Å². The summed E-state index contributed by atoms with van der Waals surface area (Å²) in [7, 11) is 1.34. The van der Waals surface area contributed by atoms with Gasteiger partial charge in [0.25, 0.3) is 0 Å². The van der Waals surface area contributed by atoms with E-state index >= 15 is 0 Å². The van der Waals surface area contributed by atoms with Gasteiger partial charge in [0.15, 0.2) is 0 Å². The van der Waals surface area contributed by atoms with Gasteiger partial charge in [-0.1, -0.05) is 0 Å². The number of hydrogen-bond acceptors (Lipinski definition) is 3. The maximum Gasteiger partial charge on any atom is 0.313 e. The number of fused-ring (bicyclic) bond motifs is 1. The molecule has 5 heteroatoms. The zero-order valence-electron chi connectivity index (χ0n) is 10.6. The molecule has 0 aliphatic heterocycles.